The summed E-state index contributed by atoms with van der Waals surface area (Å²) in [5, 5.41) is 34.7. The Hall–Kier alpha value is -2.03. The van der Waals surface area contributed by atoms with Crippen LogP contribution in [0.15, 0.2) is 23.3 Å². The molecule has 4 saturated carbocycles. The predicted octanol–water partition coefficient (Wildman–Crippen LogP) is 5.32. The van der Waals surface area contributed by atoms with E-state index in [-0.39, 0.29) is 28.6 Å². The zero-order valence-electron chi connectivity index (χ0n) is 28.8. The number of fused-ring (bicyclic) bond motifs is 7. The first kappa shape index (κ1) is 34.3. The van der Waals surface area contributed by atoms with E-state index in [1.165, 1.54) is 12.5 Å². The van der Waals surface area contributed by atoms with Gasteiger partial charge in [0.05, 0.1) is 29.6 Å². The number of aliphatic hydroxyl groups is 3. The van der Waals surface area contributed by atoms with Crippen LogP contribution in [0.25, 0.3) is 0 Å². The van der Waals surface area contributed by atoms with Crippen molar-refractivity contribution in [2.24, 2.45) is 50.2 Å². The second kappa shape index (κ2) is 11.0. The summed E-state index contributed by atoms with van der Waals surface area (Å²) in [6, 6.07) is 0. The van der Waals surface area contributed by atoms with E-state index in [1.807, 2.05) is 20.8 Å². The summed E-state index contributed by atoms with van der Waals surface area (Å²) >= 11 is 0. The lowest BCUT2D eigenvalue weighted by molar-refractivity contribution is -0.265. The Balaban J connectivity index is 1.63. The van der Waals surface area contributed by atoms with Gasteiger partial charge < -0.3 is 29.6 Å². The molecule has 0 spiro atoms. The number of rotatable bonds is 5. The number of carbonyl (C=O) groups excluding carboxylic acids is 3. The van der Waals surface area contributed by atoms with Crippen LogP contribution in [0, 0.1) is 50.2 Å². The third kappa shape index (κ3) is 4.51. The molecule has 0 amide bonds. The average Bonchev–Trinajstić information content (AvgIpc) is 2.96. The summed E-state index contributed by atoms with van der Waals surface area (Å²) in [4.78, 5) is 38.3. The van der Waals surface area contributed by atoms with Crippen molar-refractivity contribution in [1.29, 1.82) is 0 Å². The first-order valence-corrected chi connectivity index (χ1v) is 17.0. The molecule has 8 unspecified atom stereocenters. The number of ether oxygens (including phenoxy) is 2. The minimum absolute atomic E-state index is 0.0611. The predicted molar refractivity (Wildman–Crippen MR) is 170 cm³/mol. The summed E-state index contributed by atoms with van der Waals surface area (Å²) in [5.41, 5.74) is -1.87. The van der Waals surface area contributed by atoms with Crippen LogP contribution in [-0.2, 0) is 23.9 Å². The van der Waals surface area contributed by atoms with Gasteiger partial charge in [-0.1, -0.05) is 59.3 Å². The number of allylic oxidation sites excluding steroid dienone is 3. The SMILES string of the molecule is C/C=C(/C)C(=O)OC1[C@H](OC(C)=O)C2(CO)C(CC1(C)C)C1=CCC3C4(C)CCC(O)[C@@](C)(C=O)C4CCC3(C)[C@]1(C)C[C@H]2O. The van der Waals surface area contributed by atoms with Crippen LogP contribution in [0.5, 0.6) is 0 Å². The minimum atomic E-state index is -1.25. The van der Waals surface area contributed by atoms with E-state index < -0.39 is 64.6 Å². The van der Waals surface area contributed by atoms with Gasteiger partial charge in [-0.15, -0.1) is 0 Å². The lowest BCUT2D eigenvalue weighted by Crippen LogP contribution is -2.72. The molecule has 0 aromatic rings. The third-order valence-electron chi connectivity index (χ3n) is 14.6. The van der Waals surface area contributed by atoms with Crippen LogP contribution in [-0.4, -0.2) is 64.6 Å². The average molecular weight is 629 g/mol. The van der Waals surface area contributed by atoms with Crippen LogP contribution < -0.4 is 0 Å². The van der Waals surface area contributed by atoms with Crippen LogP contribution in [0.3, 0.4) is 0 Å². The highest BCUT2D eigenvalue weighted by atomic mass is 16.6. The molecule has 0 saturated heterocycles. The molecule has 5 aliphatic rings. The van der Waals surface area contributed by atoms with Crippen molar-refractivity contribution in [3.8, 4) is 0 Å². The Morgan fingerprint density at radius 3 is 2.18 bits per heavy atom. The molecule has 8 nitrogen and oxygen atoms in total. The Morgan fingerprint density at radius 2 is 1.60 bits per heavy atom. The van der Waals surface area contributed by atoms with Crippen molar-refractivity contribution < 1.29 is 39.2 Å². The number of aliphatic hydroxyl groups excluding tert-OH is 3. The minimum Gasteiger partial charge on any atom is -0.458 e. The molecule has 8 heteroatoms. The second-order valence-electron chi connectivity index (χ2n) is 16.9. The molecule has 0 bridgehead atoms. The fraction of sp³-hybridized carbons (Fsp3) is 0.811. The van der Waals surface area contributed by atoms with E-state index in [0.29, 0.717) is 24.8 Å². The van der Waals surface area contributed by atoms with Gasteiger partial charge >= 0.3 is 11.9 Å². The summed E-state index contributed by atoms with van der Waals surface area (Å²) in [6.07, 6.45) is 6.20. The lowest BCUT2D eigenvalue weighted by Gasteiger charge is -2.72. The Morgan fingerprint density at radius 1 is 0.933 bits per heavy atom. The van der Waals surface area contributed by atoms with Crippen LogP contribution in [0.1, 0.15) is 107 Å². The number of hydrogen-bond donors (Lipinski definition) is 3. The highest BCUT2D eigenvalue weighted by Crippen LogP contribution is 2.75. The maximum Gasteiger partial charge on any atom is 0.333 e. The van der Waals surface area contributed by atoms with Crippen LogP contribution >= 0.6 is 0 Å². The number of carbonyl (C=O) groups is 3. The largest absolute Gasteiger partial charge is 0.458 e. The van der Waals surface area contributed by atoms with Gasteiger partial charge in [0.15, 0.2) is 0 Å². The van der Waals surface area contributed by atoms with E-state index >= 15 is 0 Å². The molecule has 0 heterocycles. The zero-order chi connectivity index (χ0) is 33.5. The standard InChI is InChI=1S/C37H56O8/c1-10-21(2)31(43)45-29-30(44-22(3)40)37(20-39)24(17-32(29,4)5)23-11-12-26-33(6)15-14-27(41)34(7,19-38)25(33)13-16-35(26,8)36(23,9)18-28(37)42/h10-11,19,24-30,39,41-42H,12-18,20H2,1-9H3/b21-10-/t24?,25?,26?,27?,28-,29?,30+,33?,34+,35?,36-,37?/m1/s1. The zero-order valence-corrected chi connectivity index (χ0v) is 28.8. The van der Waals surface area contributed by atoms with E-state index in [1.54, 1.807) is 19.9 Å². The molecule has 3 N–H and O–H groups in total. The van der Waals surface area contributed by atoms with E-state index in [0.717, 1.165) is 32.0 Å². The fourth-order valence-electron chi connectivity index (χ4n) is 11.6. The molecule has 0 aromatic heterocycles. The molecular weight excluding hydrogens is 572 g/mol. The normalized spacial score (nSPS) is 48.8. The molecule has 12 atom stereocenters. The molecule has 5 aliphatic carbocycles. The van der Waals surface area contributed by atoms with Gasteiger partial charge in [-0.2, -0.15) is 0 Å². The van der Waals surface area contributed by atoms with Crippen LogP contribution in [0.2, 0.25) is 0 Å². The van der Waals surface area contributed by atoms with Gasteiger partial charge in [0.25, 0.3) is 0 Å². The van der Waals surface area contributed by atoms with Crippen molar-refractivity contribution in [2.45, 2.75) is 132 Å². The molecule has 0 aromatic carbocycles. The van der Waals surface area contributed by atoms with Gasteiger partial charge in [-0.25, -0.2) is 4.79 Å². The quantitative estimate of drug-likeness (QED) is 0.161. The van der Waals surface area contributed by atoms with Crippen LogP contribution in [0.4, 0.5) is 0 Å². The van der Waals surface area contributed by atoms with Crippen molar-refractivity contribution in [1.82, 2.24) is 0 Å². The number of esters is 2. The highest BCUT2D eigenvalue weighted by Gasteiger charge is 2.73. The van der Waals surface area contributed by atoms with Crippen molar-refractivity contribution in [3.63, 3.8) is 0 Å². The first-order chi connectivity index (χ1) is 20.8. The number of aldehydes is 1. The van der Waals surface area contributed by atoms with Gasteiger partial charge in [0.2, 0.25) is 0 Å². The first-order valence-electron chi connectivity index (χ1n) is 17.0. The van der Waals surface area contributed by atoms with Crippen molar-refractivity contribution in [3.05, 3.63) is 23.3 Å². The van der Waals surface area contributed by atoms with Crippen molar-refractivity contribution in [2.75, 3.05) is 6.61 Å². The Labute approximate surface area is 269 Å². The molecule has 45 heavy (non-hydrogen) atoms. The smallest absolute Gasteiger partial charge is 0.333 e. The Kier molecular flexibility index (Phi) is 8.40. The highest BCUT2D eigenvalue weighted by molar-refractivity contribution is 5.87. The summed E-state index contributed by atoms with van der Waals surface area (Å²) in [5.74, 6) is -1.08. The second-order valence-corrected chi connectivity index (χ2v) is 16.9. The topological polar surface area (TPSA) is 130 Å². The lowest BCUT2D eigenvalue weighted by atomic mass is 9.33. The summed E-state index contributed by atoms with van der Waals surface area (Å²) < 4.78 is 12.1. The molecule has 4 fully saturated rings. The van der Waals surface area contributed by atoms with Gasteiger partial charge in [-0.05, 0) is 92.8 Å². The molecule has 0 radical (unpaired) electrons. The molecule has 252 valence electrons. The van der Waals surface area contributed by atoms with Gasteiger partial charge in [-0.3, -0.25) is 4.79 Å². The maximum atomic E-state index is 13.1. The molecule has 5 rings (SSSR count). The van der Waals surface area contributed by atoms with Crippen molar-refractivity contribution >= 4 is 18.2 Å². The monoisotopic (exact) mass is 628 g/mol. The maximum absolute atomic E-state index is 13.1. The van der Waals surface area contributed by atoms with E-state index in [9.17, 15) is 29.7 Å². The number of hydrogen-bond acceptors (Lipinski definition) is 8. The Bertz CT molecular complexity index is 1300. The van der Waals surface area contributed by atoms with Gasteiger partial charge in [0.1, 0.15) is 18.5 Å². The summed E-state index contributed by atoms with van der Waals surface area (Å²) in [7, 11) is 0. The molecular formula is C37H56O8. The van der Waals surface area contributed by atoms with E-state index in [4.69, 9.17) is 9.47 Å². The third-order valence-corrected chi connectivity index (χ3v) is 14.6. The fourth-order valence-corrected chi connectivity index (χ4v) is 11.6. The van der Waals surface area contributed by atoms with Gasteiger partial charge in [0, 0.05) is 17.9 Å². The summed E-state index contributed by atoms with van der Waals surface area (Å²) in [6.45, 7) is 17.2. The van der Waals surface area contributed by atoms with E-state index in [2.05, 4.69) is 26.8 Å². The molecule has 0 aliphatic heterocycles.